The van der Waals surface area contributed by atoms with E-state index in [1.54, 1.807) is 12.1 Å². The minimum Gasteiger partial charge on any atom is -0.207 e. The standard InChI is InChI=1S/C11H11F.C2H6/c1-9(2)3-4-10-5-7-11(12)8-6-10;1-2/h5-9H,1-2H3;1-2H3. The summed E-state index contributed by atoms with van der Waals surface area (Å²) in [4.78, 5) is 0. The SMILES string of the molecule is CC.CC(C)C#Cc1ccc(F)cc1. The van der Waals surface area contributed by atoms with Crippen molar-refractivity contribution in [3.05, 3.63) is 35.6 Å². The van der Waals surface area contributed by atoms with Crippen molar-refractivity contribution in [1.82, 2.24) is 0 Å². The van der Waals surface area contributed by atoms with Crippen molar-refractivity contribution in [3.63, 3.8) is 0 Å². The second kappa shape index (κ2) is 7.15. The molecule has 14 heavy (non-hydrogen) atoms. The molecule has 0 nitrogen and oxygen atoms in total. The van der Waals surface area contributed by atoms with Crippen LogP contribution in [0.5, 0.6) is 0 Å². The van der Waals surface area contributed by atoms with E-state index in [1.807, 2.05) is 27.7 Å². The molecule has 0 bridgehead atoms. The van der Waals surface area contributed by atoms with Gasteiger partial charge in [0.15, 0.2) is 0 Å². The summed E-state index contributed by atoms with van der Waals surface area (Å²) in [5.74, 6) is 6.10. The molecule has 0 spiro atoms. The second-order valence-corrected chi connectivity index (χ2v) is 2.93. The van der Waals surface area contributed by atoms with Crippen LogP contribution in [0.4, 0.5) is 4.39 Å². The summed E-state index contributed by atoms with van der Waals surface area (Å²) >= 11 is 0. The Labute approximate surface area is 86.2 Å². The number of hydrogen-bond acceptors (Lipinski definition) is 0. The molecule has 0 unspecified atom stereocenters. The summed E-state index contributed by atoms with van der Waals surface area (Å²) in [7, 11) is 0. The van der Waals surface area contributed by atoms with Crippen molar-refractivity contribution >= 4 is 0 Å². The van der Waals surface area contributed by atoms with Crippen LogP contribution < -0.4 is 0 Å². The van der Waals surface area contributed by atoms with Crippen molar-refractivity contribution in [2.45, 2.75) is 27.7 Å². The maximum atomic E-state index is 12.4. The summed E-state index contributed by atoms with van der Waals surface area (Å²) in [6.07, 6.45) is 0. The molecule has 0 atom stereocenters. The predicted octanol–water partition coefficient (Wildman–Crippen LogP) is 3.86. The third-order valence-electron chi connectivity index (χ3n) is 1.35. The third kappa shape index (κ3) is 5.37. The fraction of sp³-hybridized carbons (Fsp3) is 0.385. The van der Waals surface area contributed by atoms with Gasteiger partial charge in [0.1, 0.15) is 5.82 Å². The molecule has 0 saturated carbocycles. The fourth-order valence-corrected chi connectivity index (χ4v) is 0.761. The van der Waals surface area contributed by atoms with Gasteiger partial charge in [0.25, 0.3) is 0 Å². The largest absolute Gasteiger partial charge is 0.207 e. The van der Waals surface area contributed by atoms with E-state index in [9.17, 15) is 4.39 Å². The lowest BCUT2D eigenvalue weighted by atomic mass is 10.2. The Bertz CT molecular complexity index is 298. The fourth-order valence-electron chi connectivity index (χ4n) is 0.761. The van der Waals surface area contributed by atoms with Gasteiger partial charge in [0.2, 0.25) is 0 Å². The van der Waals surface area contributed by atoms with Crippen molar-refractivity contribution in [1.29, 1.82) is 0 Å². The van der Waals surface area contributed by atoms with Crippen molar-refractivity contribution < 1.29 is 4.39 Å². The van der Waals surface area contributed by atoms with E-state index in [0.29, 0.717) is 5.92 Å². The van der Waals surface area contributed by atoms with Crippen molar-refractivity contribution in [2.75, 3.05) is 0 Å². The highest BCUT2D eigenvalue weighted by atomic mass is 19.1. The highest BCUT2D eigenvalue weighted by molar-refractivity contribution is 5.34. The monoisotopic (exact) mass is 192 g/mol. The van der Waals surface area contributed by atoms with Gasteiger partial charge >= 0.3 is 0 Å². The van der Waals surface area contributed by atoms with Gasteiger partial charge < -0.3 is 0 Å². The van der Waals surface area contributed by atoms with Gasteiger partial charge in [-0.1, -0.05) is 39.5 Å². The van der Waals surface area contributed by atoms with Crippen LogP contribution in [0.3, 0.4) is 0 Å². The molecule has 0 radical (unpaired) electrons. The minimum atomic E-state index is -0.218. The van der Waals surface area contributed by atoms with Gasteiger partial charge in [-0.25, -0.2) is 4.39 Å². The van der Waals surface area contributed by atoms with E-state index in [4.69, 9.17) is 0 Å². The molecule has 0 heterocycles. The Kier molecular flexibility index (Phi) is 6.49. The van der Waals surface area contributed by atoms with Crippen LogP contribution in [-0.2, 0) is 0 Å². The first-order chi connectivity index (χ1) is 6.68. The average Bonchev–Trinajstić information content (AvgIpc) is 2.20. The highest BCUT2D eigenvalue weighted by Crippen LogP contribution is 2.01. The number of benzene rings is 1. The molecule has 1 aromatic rings. The number of rotatable bonds is 0. The maximum absolute atomic E-state index is 12.4. The summed E-state index contributed by atoms with van der Waals surface area (Å²) < 4.78 is 12.4. The maximum Gasteiger partial charge on any atom is 0.123 e. The normalized spacial score (nSPS) is 8.43. The quantitative estimate of drug-likeness (QED) is 0.547. The Morgan fingerprint density at radius 2 is 1.57 bits per heavy atom. The van der Waals surface area contributed by atoms with Crippen LogP contribution >= 0.6 is 0 Å². The Morgan fingerprint density at radius 3 is 2.00 bits per heavy atom. The van der Waals surface area contributed by atoms with E-state index in [-0.39, 0.29) is 5.82 Å². The Morgan fingerprint density at radius 1 is 1.07 bits per heavy atom. The highest BCUT2D eigenvalue weighted by Gasteiger charge is 1.88. The lowest BCUT2D eigenvalue weighted by molar-refractivity contribution is 0.627. The molecule has 1 aromatic carbocycles. The van der Waals surface area contributed by atoms with Gasteiger partial charge in [-0.15, -0.1) is 0 Å². The van der Waals surface area contributed by atoms with E-state index >= 15 is 0 Å². The second-order valence-electron chi connectivity index (χ2n) is 2.93. The van der Waals surface area contributed by atoms with E-state index < -0.39 is 0 Å². The van der Waals surface area contributed by atoms with Crippen molar-refractivity contribution in [2.24, 2.45) is 5.92 Å². The molecule has 0 aliphatic carbocycles. The first kappa shape index (κ1) is 12.7. The molecule has 0 amide bonds. The molecule has 1 heteroatoms. The summed E-state index contributed by atoms with van der Waals surface area (Å²) in [6, 6.07) is 6.21. The first-order valence-electron chi connectivity index (χ1n) is 4.95. The topological polar surface area (TPSA) is 0 Å². The molecular weight excluding hydrogens is 175 g/mol. The minimum absolute atomic E-state index is 0.218. The zero-order valence-electron chi connectivity index (χ0n) is 9.26. The van der Waals surface area contributed by atoms with Gasteiger partial charge in [-0.3, -0.25) is 0 Å². The van der Waals surface area contributed by atoms with Gasteiger partial charge in [0.05, 0.1) is 0 Å². The van der Waals surface area contributed by atoms with E-state index in [0.717, 1.165) is 5.56 Å². The smallest absolute Gasteiger partial charge is 0.123 e. The van der Waals surface area contributed by atoms with E-state index in [1.165, 1.54) is 12.1 Å². The van der Waals surface area contributed by atoms with Gasteiger partial charge in [0, 0.05) is 11.5 Å². The van der Waals surface area contributed by atoms with Crippen LogP contribution in [-0.4, -0.2) is 0 Å². The molecule has 0 aliphatic rings. The van der Waals surface area contributed by atoms with Crippen LogP contribution in [0.1, 0.15) is 33.3 Å². The van der Waals surface area contributed by atoms with Gasteiger partial charge in [-0.2, -0.15) is 0 Å². The molecule has 76 valence electrons. The molecular formula is C13H17F. The Balaban J connectivity index is 0.000000791. The molecule has 0 saturated heterocycles. The molecule has 0 N–H and O–H groups in total. The average molecular weight is 192 g/mol. The lowest BCUT2D eigenvalue weighted by Crippen LogP contribution is -1.80. The summed E-state index contributed by atoms with van der Waals surface area (Å²) in [5, 5.41) is 0. The molecule has 0 aromatic heterocycles. The summed E-state index contributed by atoms with van der Waals surface area (Å²) in [6.45, 7) is 8.05. The third-order valence-corrected chi connectivity index (χ3v) is 1.35. The van der Waals surface area contributed by atoms with Crippen molar-refractivity contribution in [3.8, 4) is 11.8 Å². The lowest BCUT2D eigenvalue weighted by Gasteiger charge is -1.90. The predicted molar refractivity (Wildman–Crippen MR) is 59.5 cm³/mol. The summed E-state index contributed by atoms with van der Waals surface area (Å²) in [5.41, 5.74) is 0.866. The number of hydrogen-bond donors (Lipinski definition) is 0. The Hall–Kier alpha value is -1.29. The van der Waals surface area contributed by atoms with Crippen LogP contribution in [0.25, 0.3) is 0 Å². The van der Waals surface area contributed by atoms with Crippen LogP contribution in [0, 0.1) is 23.6 Å². The zero-order chi connectivity index (χ0) is 11.0. The molecule has 0 aliphatic heterocycles. The number of halogens is 1. The molecule has 0 fully saturated rings. The first-order valence-corrected chi connectivity index (χ1v) is 4.95. The van der Waals surface area contributed by atoms with E-state index in [2.05, 4.69) is 11.8 Å². The van der Waals surface area contributed by atoms with Crippen LogP contribution in [0.15, 0.2) is 24.3 Å². The molecule has 1 rings (SSSR count). The zero-order valence-corrected chi connectivity index (χ0v) is 9.26. The van der Waals surface area contributed by atoms with Crippen LogP contribution in [0.2, 0.25) is 0 Å². The van der Waals surface area contributed by atoms with Gasteiger partial charge in [-0.05, 0) is 24.3 Å².